The Morgan fingerprint density at radius 2 is 2.17 bits per heavy atom. The number of hydrogen-bond acceptors (Lipinski definition) is 3. The first kappa shape index (κ1) is 17.0. The second-order valence-corrected chi connectivity index (χ2v) is 7.33. The van der Waals surface area contributed by atoms with Gasteiger partial charge in [-0.1, -0.05) is 35.5 Å². The molecule has 0 aliphatic carbocycles. The van der Waals surface area contributed by atoms with Gasteiger partial charge < -0.3 is 14.7 Å². The molecule has 3 aliphatic heterocycles. The number of likely N-dealkylation sites (tertiary alicyclic amines) is 1. The van der Waals surface area contributed by atoms with E-state index in [2.05, 4.69) is 32.9 Å². The van der Waals surface area contributed by atoms with Crippen LogP contribution in [0.4, 0.5) is 0 Å². The van der Waals surface area contributed by atoms with Gasteiger partial charge in [0.15, 0.2) is 0 Å². The first-order valence-corrected chi connectivity index (χ1v) is 8.52. The molecule has 0 aromatic rings. The highest BCUT2D eigenvalue weighted by molar-refractivity contribution is 5.90. The van der Waals surface area contributed by atoms with Gasteiger partial charge in [-0.2, -0.15) is 0 Å². The number of ether oxygens (including phenoxy) is 1. The zero-order chi connectivity index (χ0) is 17.5. The number of allylic oxidation sites excluding steroid dienone is 3. The Kier molecular flexibility index (Phi) is 4.38. The molecular formula is C19H25NO4. The Morgan fingerprint density at radius 3 is 2.83 bits per heavy atom. The highest BCUT2D eigenvalue weighted by Gasteiger charge is 2.66. The molecule has 0 aromatic carbocycles. The topological polar surface area (TPSA) is 66.8 Å². The average Bonchev–Trinajstić information content (AvgIpc) is 3.13. The fourth-order valence-corrected chi connectivity index (χ4v) is 3.97. The molecule has 130 valence electrons. The van der Waals surface area contributed by atoms with Crippen LogP contribution >= 0.6 is 0 Å². The zero-order valence-electron chi connectivity index (χ0n) is 14.5. The Labute approximate surface area is 142 Å². The lowest BCUT2D eigenvalue weighted by molar-refractivity contribution is -0.147. The standard InChI is InChI=1S/C19H25NO4/c1-12(2)5-4-6-13(3)8-10-20-11-19-9-7-14(24-19)15(18(22)23)16(19)17(20)21/h5,7-9,14-16H,4,6,10-11H2,1-3H3,(H,22,23)/b13-8+/t14-,15-,16+,19-/m0/s1. The van der Waals surface area contributed by atoms with Gasteiger partial charge in [-0.05, 0) is 33.6 Å². The molecule has 0 aromatic heterocycles. The summed E-state index contributed by atoms with van der Waals surface area (Å²) in [6.07, 6.45) is 9.48. The van der Waals surface area contributed by atoms with Gasteiger partial charge >= 0.3 is 5.97 Å². The molecule has 0 saturated carbocycles. The Hall–Kier alpha value is -1.88. The largest absolute Gasteiger partial charge is 0.481 e. The van der Waals surface area contributed by atoms with Gasteiger partial charge in [0.2, 0.25) is 5.91 Å². The number of carboxylic acid groups (broad SMARTS) is 1. The van der Waals surface area contributed by atoms with Crippen molar-refractivity contribution in [2.75, 3.05) is 13.1 Å². The van der Waals surface area contributed by atoms with E-state index in [0.29, 0.717) is 13.1 Å². The quantitative estimate of drug-likeness (QED) is 0.760. The van der Waals surface area contributed by atoms with Crippen LogP contribution in [0.1, 0.15) is 33.6 Å². The molecule has 3 rings (SSSR count). The Balaban J connectivity index is 1.66. The van der Waals surface area contributed by atoms with Crippen LogP contribution in [0.5, 0.6) is 0 Å². The van der Waals surface area contributed by atoms with Crippen LogP contribution in [0.15, 0.2) is 35.5 Å². The predicted molar refractivity (Wildman–Crippen MR) is 90.4 cm³/mol. The smallest absolute Gasteiger partial charge is 0.310 e. The maximum absolute atomic E-state index is 12.7. The van der Waals surface area contributed by atoms with E-state index in [1.165, 1.54) is 11.1 Å². The van der Waals surface area contributed by atoms with Crippen LogP contribution in [0, 0.1) is 11.8 Å². The first-order chi connectivity index (χ1) is 11.3. The van der Waals surface area contributed by atoms with Crippen molar-refractivity contribution < 1.29 is 19.4 Å². The third-order valence-corrected chi connectivity index (χ3v) is 5.22. The third kappa shape index (κ3) is 2.81. The van der Waals surface area contributed by atoms with Crippen molar-refractivity contribution in [3.63, 3.8) is 0 Å². The van der Waals surface area contributed by atoms with Crippen LogP contribution < -0.4 is 0 Å². The molecule has 4 atom stereocenters. The van der Waals surface area contributed by atoms with Crippen LogP contribution in [-0.4, -0.2) is 46.7 Å². The molecular weight excluding hydrogens is 306 g/mol. The minimum Gasteiger partial charge on any atom is -0.481 e. The zero-order valence-corrected chi connectivity index (χ0v) is 14.5. The summed E-state index contributed by atoms with van der Waals surface area (Å²) in [4.78, 5) is 26.0. The monoisotopic (exact) mass is 331 g/mol. The minimum absolute atomic E-state index is 0.0948. The minimum atomic E-state index is -0.945. The lowest BCUT2D eigenvalue weighted by Crippen LogP contribution is -2.39. The number of fused-ring (bicyclic) bond motifs is 1. The third-order valence-electron chi connectivity index (χ3n) is 5.22. The number of aliphatic carboxylic acids is 1. The van der Waals surface area contributed by atoms with Gasteiger partial charge in [0.1, 0.15) is 11.5 Å². The van der Waals surface area contributed by atoms with Gasteiger partial charge in [0.25, 0.3) is 0 Å². The van der Waals surface area contributed by atoms with E-state index >= 15 is 0 Å². The molecule has 2 saturated heterocycles. The van der Waals surface area contributed by atoms with E-state index in [-0.39, 0.29) is 5.91 Å². The summed E-state index contributed by atoms with van der Waals surface area (Å²) in [6, 6.07) is 0. The number of rotatable bonds is 6. The average molecular weight is 331 g/mol. The van der Waals surface area contributed by atoms with Gasteiger partial charge in [-0.15, -0.1) is 0 Å². The molecule has 5 heteroatoms. The van der Waals surface area contributed by atoms with E-state index in [0.717, 1.165) is 12.8 Å². The number of carbonyl (C=O) groups is 2. The summed E-state index contributed by atoms with van der Waals surface area (Å²) in [7, 11) is 0. The molecule has 1 N–H and O–H groups in total. The van der Waals surface area contributed by atoms with Gasteiger partial charge in [0, 0.05) is 6.54 Å². The molecule has 2 fully saturated rings. The second kappa shape index (κ2) is 6.20. The maximum atomic E-state index is 12.7. The fourth-order valence-electron chi connectivity index (χ4n) is 3.97. The molecule has 5 nitrogen and oxygen atoms in total. The van der Waals surface area contributed by atoms with Crippen molar-refractivity contribution in [3.05, 3.63) is 35.5 Å². The van der Waals surface area contributed by atoms with E-state index in [9.17, 15) is 14.7 Å². The predicted octanol–water partition coefficient (Wildman–Crippen LogP) is 2.55. The Bertz CT molecular complexity index is 644. The summed E-state index contributed by atoms with van der Waals surface area (Å²) in [5.41, 5.74) is 1.82. The number of amides is 1. The van der Waals surface area contributed by atoms with E-state index in [1.807, 2.05) is 6.08 Å². The lowest BCUT2D eigenvalue weighted by atomic mass is 9.77. The van der Waals surface area contributed by atoms with Gasteiger partial charge in [0.05, 0.1) is 18.6 Å². The maximum Gasteiger partial charge on any atom is 0.310 e. The Morgan fingerprint density at radius 1 is 1.42 bits per heavy atom. The van der Waals surface area contributed by atoms with E-state index in [1.54, 1.807) is 11.0 Å². The number of carboxylic acids is 1. The lowest BCUT2D eigenvalue weighted by Gasteiger charge is -2.21. The number of nitrogens with zero attached hydrogens (tertiary/aromatic N) is 1. The van der Waals surface area contributed by atoms with Crippen molar-refractivity contribution >= 4 is 11.9 Å². The molecule has 0 radical (unpaired) electrons. The molecule has 0 unspecified atom stereocenters. The molecule has 3 aliphatic rings. The normalized spacial score (nSPS) is 34.0. The van der Waals surface area contributed by atoms with Crippen LogP contribution in [0.2, 0.25) is 0 Å². The number of hydrogen-bond donors (Lipinski definition) is 1. The fraction of sp³-hybridized carbons (Fsp3) is 0.579. The summed E-state index contributed by atoms with van der Waals surface area (Å²) in [5.74, 6) is -2.37. The van der Waals surface area contributed by atoms with Crippen molar-refractivity contribution in [1.29, 1.82) is 0 Å². The highest BCUT2D eigenvalue weighted by Crippen LogP contribution is 2.51. The molecule has 2 bridgehead atoms. The summed E-state index contributed by atoms with van der Waals surface area (Å²) >= 11 is 0. The van der Waals surface area contributed by atoms with Crippen molar-refractivity contribution in [2.45, 2.75) is 45.3 Å². The summed E-state index contributed by atoms with van der Waals surface area (Å²) < 4.78 is 5.87. The van der Waals surface area contributed by atoms with Crippen LogP contribution in [0.25, 0.3) is 0 Å². The van der Waals surface area contributed by atoms with Crippen LogP contribution in [0.3, 0.4) is 0 Å². The van der Waals surface area contributed by atoms with Crippen molar-refractivity contribution in [1.82, 2.24) is 4.90 Å². The molecule has 3 heterocycles. The number of carbonyl (C=O) groups excluding carboxylic acids is 1. The SMILES string of the molecule is CC(C)=CCC/C(C)=C/CN1C[C@]23C=C[C@H](O2)[C@H](C(=O)O)[C@@H]3C1=O. The van der Waals surface area contributed by atoms with Crippen molar-refractivity contribution in [3.8, 4) is 0 Å². The van der Waals surface area contributed by atoms with E-state index < -0.39 is 29.5 Å². The van der Waals surface area contributed by atoms with Gasteiger partial charge in [-0.3, -0.25) is 9.59 Å². The van der Waals surface area contributed by atoms with Gasteiger partial charge in [-0.25, -0.2) is 0 Å². The summed E-state index contributed by atoms with van der Waals surface area (Å²) in [5, 5.41) is 9.44. The molecule has 1 amide bonds. The second-order valence-electron chi connectivity index (χ2n) is 7.33. The first-order valence-electron chi connectivity index (χ1n) is 8.52. The molecule has 24 heavy (non-hydrogen) atoms. The summed E-state index contributed by atoms with van der Waals surface area (Å²) in [6.45, 7) is 7.21. The van der Waals surface area contributed by atoms with Crippen molar-refractivity contribution in [2.24, 2.45) is 11.8 Å². The van der Waals surface area contributed by atoms with Crippen LogP contribution in [-0.2, 0) is 14.3 Å². The molecule has 1 spiro atoms. The highest BCUT2D eigenvalue weighted by atomic mass is 16.5. The van der Waals surface area contributed by atoms with E-state index in [4.69, 9.17) is 4.74 Å².